The number of amides is 1. The molecule has 1 aliphatic heterocycles. The molecule has 0 saturated carbocycles. The fourth-order valence-electron chi connectivity index (χ4n) is 3.82. The third kappa shape index (κ3) is 6.24. The number of hydrogen-bond donors (Lipinski definition) is 1. The summed E-state index contributed by atoms with van der Waals surface area (Å²) in [5, 5.41) is 13.9. The van der Waals surface area contributed by atoms with Crippen LogP contribution in [0.1, 0.15) is 48.1 Å². The lowest BCUT2D eigenvalue weighted by Crippen LogP contribution is -2.36. The topological polar surface area (TPSA) is 75.5 Å². The lowest BCUT2D eigenvalue weighted by Gasteiger charge is -2.33. The molecule has 1 unspecified atom stereocenters. The van der Waals surface area contributed by atoms with Crippen molar-refractivity contribution in [2.24, 2.45) is 5.92 Å². The quantitative estimate of drug-likeness (QED) is 0.503. The van der Waals surface area contributed by atoms with Gasteiger partial charge in [-0.05, 0) is 74.6 Å². The van der Waals surface area contributed by atoms with Gasteiger partial charge in [-0.25, -0.2) is 4.39 Å². The molecule has 1 fully saturated rings. The van der Waals surface area contributed by atoms with Gasteiger partial charge in [0.15, 0.2) is 0 Å². The number of nitro groups is 1. The first kappa shape index (κ1) is 23.8. The zero-order valence-corrected chi connectivity index (χ0v) is 17.7. The fraction of sp³-hybridized carbons (Fsp3) is 0.409. The summed E-state index contributed by atoms with van der Waals surface area (Å²) in [7, 11) is 0. The number of halogens is 2. The van der Waals surface area contributed by atoms with Crippen molar-refractivity contribution in [1.29, 1.82) is 0 Å². The minimum atomic E-state index is -0.494. The van der Waals surface area contributed by atoms with Crippen molar-refractivity contribution in [1.82, 2.24) is 10.2 Å². The molecule has 162 valence electrons. The van der Waals surface area contributed by atoms with Crippen molar-refractivity contribution in [2.45, 2.75) is 32.2 Å². The number of rotatable bonds is 7. The van der Waals surface area contributed by atoms with Gasteiger partial charge >= 0.3 is 0 Å². The Kier molecular flexibility index (Phi) is 8.74. The van der Waals surface area contributed by atoms with Gasteiger partial charge < -0.3 is 10.2 Å². The van der Waals surface area contributed by atoms with Gasteiger partial charge in [0.25, 0.3) is 11.6 Å². The Labute approximate surface area is 182 Å². The van der Waals surface area contributed by atoms with E-state index in [2.05, 4.69) is 17.1 Å². The molecule has 1 amide bonds. The van der Waals surface area contributed by atoms with E-state index in [1.54, 1.807) is 12.1 Å². The summed E-state index contributed by atoms with van der Waals surface area (Å²) >= 11 is 0. The second-order valence-corrected chi connectivity index (χ2v) is 7.49. The van der Waals surface area contributed by atoms with Crippen LogP contribution < -0.4 is 5.32 Å². The van der Waals surface area contributed by atoms with Crippen LogP contribution in [-0.2, 0) is 0 Å². The number of likely N-dealkylation sites (tertiary alicyclic amines) is 1. The van der Waals surface area contributed by atoms with Crippen molar-refractivity contribution in [2.75, 3.05) is 19.6 Å². The van der Waals surface area contributed by atoms with E-state index in [4.69, 9.17) is 0 Å². The Morgan fingerprint density at radius 1 is 1.17 bits per heavy atom. The molecule has 6 nitrogen and oxygen atoms in total. The Balaban J connectivity index is 0.00000320. The Morgan fingerprint density at radius 2 is 1.77 bits per heavy atom. The van der Waals surface area contributed by atoms with Crippen LogP contribution >= 0.6 is 12.4 Å². The predicted molar refractivity (Wildman–Crippen MR) is 116 cm³/mol. The molecule has 8 heteroatoms. The number of nitrogens with zero attached hydrogens (tertiary/aromatic N) is 2. The van der Waals surface area contributed by atoms with Gasteiger partial charge in [-0.2, -0.15) is 0 Å². The third-order valence-corrected chi connectivity index (χ3v) is 5.64. The molecule has 2 aromatic rings. The smallest absolute Gasteiger partial charge is 0.269 e. The minimum Gasteiger partial charge on any atom is -0.345 e. The standard InChI is InChI=1S/C22H26FN3O3.ClH/c1-2-25-13-11-16(12-14-25)15-21(17-3-7-19(23)8-4-17)24-22(27)18-5-9-20(10-6-18)26(28)29;/h3-10,16,21H,2,11-15H2,1H3,(H,24,27);1H. The molecular formula is C22H27ClFN3O3. The number of carbonyl (C=O) groups excluding carboxylic acids is 1. The molecule has 1 saturated heterocycles. The summed E-state index contributed by atoms with van der Waals surface area (Å²) in [4.78, 5) is 25.5. The second kappa shape index (κ2) is 11.0. The molecule has 3 rings (SSSR count). The highest BCUT2D eigenvalue weighted by atomic mass is 35.5. The van der Waals surface area contributed by atoms with Gasteiger partial charge in [0, 0.05) is 17.7 Å². The highest BCUT2D eigenvalue weighted by molar-refractivity contribution is 5.94. The SMILES string of the molecule is CCN1CCC(CC(NC(=O)c2ccc([N+](=O)[O-])cc2)c2ccc(F)cc2)CC1.Cl. The predicted octanol–water partition coefficient (Wildman–Crippen LogP) is 4.75. The van der Waals surface area contributed by atoms with E-state index < -0.39 is 4.92 Å². The summed E-state index contributed by atoms with van der Waals surface area (Å²) in [5.74, 6) is -0.129. The summed E-state index contributed by atoms with van der Waals surface area (Å²) < 4.78 is 13.4. The molecule has 1 heterocycles. The first-order valence-corrected chi connectivity index (χ1v) is 9.99. The molecule has 0 bridgehead atoms. The van der Waals surface area contributed by atoms with Crippen LogP contribution in [0.25, 0.3) is 0 Å². The van der Waals surface area contributed by atoms with Crippen molar-refractivity contribution in [3.8, 4) is 0 Å². The summed E-state index contributed by atoms with van der Waals surface area (Å²) in [6.07, 6.45) is 2.92. The normalized spacial score (nSPS) is 15.8. The lowest BCUT2D eigenvalue weighted by atomic mass is 9.87. The first-order chi connectivity index (χ1) is 14.0. The van der Waals surface area contributed by atoms with E-state index in [-0.39, 0.29) is 35.9 Å². The highest BCUT2D eigenvalue weighted by Crippen LogP contribution is 2.29. The van der Waals surface area contributed by atoms with E-state index >= 15 is 0 Å². The molecule has 0 radical (unpaired) electrons. The average Bonchev–Trinajstić information content (AvgIpc) is 2.74. The number of nitrogens with one attached hydrogen (secondary N) is 1. The van der Waals surface area contributed by atoms with E-state index in [1.807, 2.05) is 0 Å². The summed E-state index contributed by atoms with van der Waals surface area (Å²) in [5.41, 5.74) is 1.17. The van der Waals surface area contributed by atoms with Crippen LogP contribution in [0.2, 0.25) is 0 Å². The number of carbonyl (C=O) groups is 1. The number of piperidine rings is 1. The third-order valence-electron chi connectivity index (χ3n) is 5.64. The van der Waals surface area contributed by atoms with Crippen LogP contribution in [0.4, 0.5) is 10.1 Å². The molecule has 1 aliphatic rings. The van der Waals surface area contributed by atoms with Crippen molar-refractivity contribution in [3.63, 3.8) is 0 Å². The van der Waals surface area contributed by atoms with Crippen LogP contribution in [0.15, 0.2) is 48.5 Å². The maximum atomic E-state index is 13.4. The number of hydrogen-bond acceptors (Lipinski definition) is 4. The average molecular weight is 436 g/mol. The highest BCUT2D eigenvalue weighted by Gasteiger charge is 2.24. The van der Waals surface area contributed by atoms with Gasteiger partial charge in [0.05, 0.1) is 11.0 Å². The van der Waals surface area contributed by atoms with Crippen molar-refractivity contribution in [3.05, 3.63) is 75.6 Å². The van der Waals surface area contributed by atoms with Gasteiger partial charge in [0.1, 0.15) is 5.82 Å². The zero-order valence-electron chi connectivity index (χ0n) is 16.9. The van der Waals surface area contributed by atoms with Crippen LogP contribution in [0.3, 0.4) is 0 Å². The van der Waals surface area contributed by atoms with Crippen molar-refractivity contribution >= 4 is 24.0 Å². The van der Waals surface area contributed by atoms with Gasteiger partial charge in [0.2, 0.25) is 0 Å². The molecule has 2 aromatic carbocycles. The Morgan fingerprint density at radius 3 is 2.30 bits per heavy atom. The maximum absolute atomic E-state index is 13.4. The summed E-state index contributed by atoms with van der Waals surface area (Å²) in [6, 6.07) is 11.5. The van der Waals surface area contributed by atoms with Crippen LogP contribution in [0.5, 0.6) is 0 Å². The minimum absolute atomic E-state index is 0. The molecule has 0 spiro atoms. The molecular weight excluding hydrogens is 409 g/mol. The lowest BCUT2D eigenvalue weighted by molar-refractivity contribution is -0.384. The zero-order chi connectivity index (χ0) is 20.8. The molecule has 0 aromatic heterocycles. The second-order valence-electron chi connectivity index (χ2n) is 7.49. The van der Waals surface area contributed by atoms with Crippen LogP contribution in [-0.4, -0.2) is 35.4 Å². The van der Waals surface area contributed by atoms with Crippen molar-refractivity contribution < 1.29 is 14.1 Å². The van der Waals surface area contributed by atoms with E-state index in [0.29, 0.717) is 11.5 Å². The van der Waals surface area contributed by atoms with Crippen LogP contribution in [0, 0.1) is 21.8 Å². The van der Waals surface area contributed by atoms with Gasteiger partial charge in [-0.3, -0.25) is 14.9 Å². The number of nitro benzene ring substituents is 1. The fourth-order valence-corrected chi connectivity index (χ4v) is 3.82. The maximum Gasteiger partial charge on any atom is 0.269 e. The molecule has 30 heavy (non-hydrogen) atoms. The monoisotopic (exact) mass is 435 g/mol. The van der Waals surface area contributed by atoms with Gasteiger partial charge in [-0.15, -0.1) is 12.4 Å². The summed E-state index contributed by atoms with van der Waals surface area (Å²) in [6.45, 7) is 5.30. The Hall–Kier alpha value is -2.51. The number of benzene rings is 2. The van der Waals surface area contributed by atoms with Gasteiger partial charge in [-0.1, -0.05) is 19.1 Å². The molecule has 1 atom stereocenters. The molecule has 0 aliphatic carbocycles. The van der Waals surface area contributed by atoms with E-state index in [9.17, 15) is 19.3 Å². The first-order valence-electron chi connectivity index (χ1n) is 9.99. The Bertz CT molecular complexity index is 838. The molecule has 1 N–H and O–H groups in total. The largest absolute Gasteiger partial charge is 0.345 e. The van der Waals surface area contributed by atoms with E-state index in [0.717, 1.165) is 44.5 Å². The van der Waals surface area contributed by atoms with E-state index in [1.165, 1.54) is 36.4 Å². The number of non-ortho nitro benzene ring substituents is 1.